The van der Waals surface area contributed by atoms with E-state index in [0.717, 1.165) is 32.4 Å². The molecule has 1 atom stereocenters. The average molecular weight is 314 g/mol. The number of H-pyrrole nitrogens is 1. The summed E-state index contributed by atoms with van der Waals surface area (Å²) in [5.41, 5.74) is 0.701. The van der Waals surface area contributed by atoms with Crippen LogP contribution in [-0.4, -0.2) is 65.1 Å². The summed E-state index contributed by atoms with van der Waals surface area (Å²) >= 11 is 0. The lowest BCUT2D eigenvalue weighted by Gasteiger charge is -2.25. The van der Waals surface area contributed by atoms with Crippen LogP contribution in [0.5, 0.6) is 0 Å². The van der Waals surface area contributed by atoms with Crippen LogP contribution in [-0.2, 0) is 16.6 Å². The predicted octanol–water partition coefficient (Wildman–Crippen LogP) is 0.0692. The largest absolute Gasteiger partial charge is 0.390 e. The van der Waals surface area contributed by atoms with Gasteiger partial charge in [-0.25, -0.2) is 8.42 Å². The van der Waals surface area contributed by atoms with Gasteiger partial charge < -0.3 is 5.11 Å². The normalized spacial score (nSPS) is 25.0. The van der Waals surface area contributed by atoms with E-state index in [1.165, 1.54) is 0 Å². The van der Waals surface area contributed by atoms with Gasteiger partial charge >= 0.3 is 0 Å². The second-order valence-electron chi connectivity index (χ2n) is 5.83. The van der Waals surface area contributed by atoms with Crippen molar-refractivity contribution in [1.82, 2.24) is 19.4 Å². The topological polar surface area (TPSA) is 89.5 Å². The van der Waals surface area contributed by atoms with Gasteiger partial charge in [-0.3, -0.25) is 10.00 Å². The summed E-state index contributed by atoms with van der Waals surface area (Å²) in [5, 5.41) is 15.9. The first-order valence-corrected chi connectivity index (χ1v) is 8.87. The highest BCUT2D eigenvalue weighted by Gasteiger charge is 2.36. The molecule has 21 heavy (non-hydrogen) atoms. The Kier molecular flexibility index (Phi) is 4.04. The number of hydrogen-bond acceptors (Lipinski definition) is 5. The van der Waals surface area contributed by atoms with Gasteiger partial charge in [0, 0.05) is 19.1 Å². The van der Waals surface area contributed by atoms with Crippen molar-refractivity contribution in [2.45, 2.75) is 43.7 Å². The first-order chi connectivity index (χ1) is 10.0. The Morgan fingerprint density at radius 3 is 2.86 bits per heavy atom. The molecule has 1 aromatic heterocycles. The van der Waals surface area contributed by atoms with Gasteiger partial charge in [0.25, 0.3) is 0 Å². The van der Waals surface area contributed by atoms with Crippen LogP contribution in [0.25, 0.3) is 0 Å². The molecule has 3 heterocycles. The van der Waals surface area contributed by atoms with E-state index in [2.05, 4.69) is 15.1 Å². The number of aliphatic hydroxyl groups is 1. The minimum absolute atomic E-state index is 0.149. The maximum Gasteiger partial charge on any atom is 0.246 e. The SMILES string of the molecule is Cc1[nH]nc(CO)c1S(=O)(=O)N1CCCN2CCCC2C1. The molecule has 0 aliphatic carbocycles. The van der Waals surface area contributed by atoms with Crippen LogP contribution in [0.2, 0.25) is 0 Å². The van der Waals surface area contributed by atoms with Gasteiger partial charge in [-0.15, -0.1) is 0 Å². The molecule has 0 spiro atoms. The van der Waals surface area contributed by atoms with Gasteiger partial charge in [0.2, 0.25) is 10.0 Å². The third-order valence-corrected chi connectivity index (χ3v) is 6.54. The Balaban J connectivity index is 1.92. The van der Waals surface area contributed by atoms with E-state index >= 15 is 0 Å². The van der Waals surface area contributed by atoms with E-state index in [0.29, 0.717) is 24.8 Å². The highest BCUT2D eigenvalue weighted by Crippen LogP contribution is 2.27. The van der Waals surface area contributed by atoms with Crippen LogP contribution in [0.4, 0.5) is 0 Å². The summed E-state index contributed by atoms with van der Waals surface area (Å²) in [5.74, 6) is 0. The van der Waals surface area contributed by atoms with Crippen molar-refractivity contribution >= 4 is 10.0 Å². The van der Waals surface area contributed by atoms with Crippen LogP contribution in [0.1, 0.15) is 30.7 Å². The molecule has 2 aliphatic rings. The van der Waals surface area contributed by atoms with Gasteiger partial charge in [-0.2, -0.15) is 9.40 Å². The number of nitrogens with zero attached hydrogens (tertiary/aromatic N) is 3. The Morgan fingerprint density at radius 2 is 2.10 bits per heavy atom. The predicted molar refractivity (Wildman–Crippen MR) is 77.2 cm³/mol. The zero-order chi connectivity index (χ0) is 15.0. The standard InChI is InChI=1S/C13H22N4O3S/c1-10-13(12(9-18)15-14-10)21(19,20)17-7-3-6-16-5-2-4-11(16)8-17/h11,18H,2-9H2,1H3,(H,14,15). The molecule has 0 bridgehead atoms. The smallest absolute Gasteiger partial charge is 0.246 e. The highest BCUT2D eigenvalue weighted by atomic mass is 32.2. The molecule has 2 fully saturated rings. The number of aromatic nitrogens is 2. The van der Waals surface area contributed by atoms with E-state index in [9.17, 15) is 13.5 Å². The Morgan fingerprint density at radius 1 is 1.33 bits per heavy atom. The minimum Gasteiger partial charge on any atom is -0.390 e. The molecule has 118 valence electrons. The summed E-state index contributed by atoms with van der Waals surface area (Å²) in [7, 11) is -3.60. The summed E-state index contributed by atoms with van der Waals surface area (Å²) in [6, 6.07) is 0.326. The van der Waals surface area contributed by atoms with Crippen molar-refractivity contribution in [2.75, 3.05) is 26.2 Å². The zero-order valence-corrected chi connectivity index (χ0v) is 13.1. The fraction of sp³-hybridized carbons (Fsp3) is 0.769. The second kappa shape index (κ2) is 5.68. The van der Waals surface area contributed by atoms with Crippen molar-refractivity contribution in [2.24, 2.45) is 0 Å². The minimum atomic E-state index is -3.60. The number of fused-ring (bicyclic) bond motifs is 1. The number of nitrogens with one attached hydrogen (secondary N) is 1. The third kappa shape index (κ3) is 2.61. The quantitative estimate of drug-likeness (QED) is 0.824. The lowest BCUT2D eigenvalue weighted by atomic mass is 10.2. The van der Waals surface area contributed by atoms with Gasteiger partial charge in [0.1, 0.15) is 10.6 Å². The molecular weight excluding hydrogens is 292 g/mol. The Labute approximate surface area is 125 Å². The van der Waals surface area contributed by atoms with Gasteiger partial charge in [-0.1, -0.05) is 0 Å². The Hall–Kier alpha value is -0.960. The van der Waals surface area contributed by atoms with Gasteiger partial charge in [0.15, 0.2) is 0 Å². The maximum atomic E-state index is 12.9. The second-order valence-corrected chi connectivity index (χ2v) is 7.71. The molecule has 3 rings (SSSR count). The van der Waals surface area contributed by atoms with E-state index in [-0.39, 0.29) is 17.2 Å². The monoisotopic (exact) mass is 314 g/mol. The molecule has 0 amide bonds. The summed E-state index contributed by atoms with van der Waals surface area (Å²) in [6.07, 6.45) is 3.05. The van der Waals surface area contributed by atoms with Crippen molar-refractivity contribution < 1.29 is 13.5 Å². The Bertz CT molecular complexity index is 613. The molecule has 8 heteroatoms. The first-order valence-electron chi connectivity index (χ1n) is 7.43. The van der Waals surface area contributed by atoms with Crippen molar-refractivity contribution in [3.63, 3.8) is 0 Å². The van der Waals surface area contributed by atoms with Crippen LogP contribution < -0.4 is 0 Å². The van der Waals surface area contributed by atoms with Crippen LogP contribution in [0.15, 0.2) is 4.90 Å². The average Bonchev–Trinajstić information content (AvgIpc) is 2.99. The first kappa shape index (κ1) is 15.0. The molecule has 2 aliphatic heterocycles. The molecular formula is C13H22N4O3S. The molecule has 0 aromatic carbocycles. The van der Waals surface area contributed by atoms with Crippen molar-refractivity contribution in [3.05, 3.63) is 11.4 Å². The summed E-state index contributed by atoms with van der Waals surface area (Å²) in [4.78, 5) is 2.54. The molecule has 2 saturated heterocycles. The number of aryl methyl sites for hydroxylation is 1. The number of hydrogen-bond donors (Lipinski definition) is 2. The fourth-order valence-corrected chi connectivity index (χ4v) is 5.28. The maximum absolute atomic E-state index is 12.9. The van der Waals surface area contributed by atoms with Crippen molar-refractivity contribution in [3.8, 4) is 0 Å². The number of sulfonamides is 1. The van der Waals surface area contributed by atoms with E-state index < -0.39 is 10.0 Å². The van der Waals surface area contributed by atoms with Gasteiger partial charge in [-0.05, 0) is 39.3 Å². The van der Waals surface area contributed by atoms with Crippen LogP contribution in [0.3, 0.4) is 0 Å². The summed E-state index contributed by atoms with van der Waals surface area (Å²) in [6.45, 7) is 4.42. The summed E-state index contributed by atoms with van der Waals surface area (Å²) < 4.78 is 27.4. The number of aliphatic hydroxyl groups excluding tert-OH is 1. The van der Waals surface area contributed by atoms with E-state index in [1.54, 1.807) is 11.2 Å². The lowest BCUT2D eigenvalue weighted by molar-refractivity contribution is 0.257. The van der Waals surface area contributed by atoms with Crippen molar-refractivity contribution in [1.29, 1.82) is 0 Å². The lowest BCUT2D eigenvalue weighted by Crippen LogP contribution is -2.40. The van der Waals surface area contributed by atoms with Gasteiger partial charge in [0.05, 0.1) is 12.3 Å². The van der Waals surface area contributed by atoms with E-state index in [4.69, 9.17) is 0 Å². The third-order valence-electron chi connectivity index (χ3n) is 4.48. The molecule has 1 aromatic rings. The molecule has 0 saturated carbocycles. The molecule has 2 N–H and O–H groups in total. The fourth-order valence-electron chi connectivity index (χ4n) is 3.44. The number of aromatic amines is 1. The van der Waals surface area contributed by atoms with E-state index in [1.807, 2.05) is 0 Å². The van der Waals surface area contributed by atoms with Crippen LogP contribution in [0, 0.1) is 6.92 Å². The zero-order valence-electron chi connectivity index (χ0n) is 12.2. The van der Waals surface area contributed by atoms with Crippen LogP contribution >= 0.6 is 0 Å². The highest BCUT2D eigenvalue weighted by molar-refractivity contribution is 7.89. The molecule has 7 nitrogen and oxygen atoms in total. The molecule has 0 radical (unpaired) electrons. The molecule has 1 unspecified atom stereocenters. The number of rotatable bonds is 3.